The van der Waals surface area contributed by atoms with Crippen molar-refractivity contribution in [1.82, 2.24) is 19.4 Å². The fraction of sp³-hybridized carbons (Fsp3) is 0.185. The first-order valence-corrected chi connectivity index (χ1v) is 11.8. The zero-order chi connectivity index (χ0) is 26.0. The van der Waals surface area contributed by atoms with Crippen LogP contribution in [0, 0.1) is 5.82 Å². The summed E-state index contributed by atoms with van der Waals surface area (Å²) in [5.74, 6) is -0.616. The summed E-state index contributed by atoms with van der Waals surface area (Å²) in [6.45, 7) is 7.63. The first-order chi connectivity index (χ1) is 17.2. The lowest BCUT2D eigenvalue weighted by Gasteiger charge is -2.19. The molecule has 2 aromatic heterocycles. The maximum absolute atomic E-state index is 14.9. The Hall–Kier alpha value is -4.11. The van der Waals surface area contributed by atoms with Crippen molar-refractivity contribution in [2.45, 2.75) is 19.9 Å². The number of amides is 1. The summed E-state index contributed by atoms with van der Waals surface area (Å²) >= 11 is 5.65. The maximum Gasteiger partial charge on any atom is 0.247 e. The molecule has 2 heterocycles. The minimum atomic E-state index is -0.529. The van der Waals surface area contributed by atoms with Gasteiger partial charge in [0.1, 0.15) is 10.7 Å². The van der Waals surface area contributed by atoms with Crippen LogP contribution in [0.5, 0.6) is 0 Å². The van der Waals surface area contributed by atoms with E-state index in [4.69, 9.17) is 12.2 Å². The van der Waals surface area contributed by atoms with Gasteiger partial charge < -0.3 is 20.1 Å². The van der Waals surface area contributed by atoms with Crippen LogP contribution < -0.4 is 10.6 Å². The summed E-state index contributed by atoms with van der Waals surface area (Å²) in [7, 11) is 3.84. The van der Waals surface area contributed by atoms with Crippen LogP contribution in [-0.2, 0) is 4.79 Å². The number of aromatic nitrogens is 3. The molecule has 9 heteroatoms. The highest BCUT2D eigenvalue weighted by molar-refractivity contribution is 7.80. The molecule has 36 heavy (non-hydrogen) atoms. The molecule has 0 saturated carbocycles. The summed E-state index contributed by atoms with van der Waals surface area (Å²) in [6, 6.07) is 15.0. The average Bonchev–Trinajstić information content (AvgIpc) is 3.23. The van der Waals surface area contributed by atoms with Gasteiger partial charge in [-0.1, -0.05) is 37.0 Å². The highest BCUT2D eigenvalue weighted by Gasteiger charge is 2.18. The van der Waals surface area contributed by atoms with Crippen molar-refractivity contribution in [3.63, 3.8) is 0 Å². The van der Waals surface area contributed by atoms with E-state index in [-0.39, 0.29) is 23.6 Å². The molecule has 0 unspecified atom stereocenters. The Labute approximate surface area is 214 Å². The van der Waals surface area contributed by atoms with Gasteiger partial charge >= 0.3 is 0 Å². The van der Waals surface area contributed by atoms with Crippen LogP contribution in [0.4, 0.5) is 21.7 Å². The monoisotopic (exact) mass is 502 g/mol. The quantitative estimate of drug-likeness (QED) is 0.241. The van der Waals surface area contributed by atoms with E-state index in [0.717, 1.165) is 27.8 Å². The number of carbonyl (C=O) groups is 1. The standard InChI is InChI=1S/C27H27FN6OS/c1-6-24(35)30-19-8-7-9-20(14-19)31-27-29-15-21(28)25(32-27)18-11-10-17-12-23(26(36)33(4)5)34(16(2)3)22(17)13-18/h6-16H,1H2,2-5H3,(H,30,35)(H,29,31,32). The number of carbonyl (C=O) groups excluding carboxylic acids is 1. The number of hydrogen-bond donors (Lipinski definition) is 2. The van der Waals surface area contributed by atoms with Crippen LogP contribution in [0.3, 0.4) is 0 Å². The second-order valence-corrected chi connectivity index (χ2v) is 9.14. The smallest absolute Gasteiger partial charge is 0.247 e. The molecule has 0 radical (unpaired) electrons. The van der Waals surface area contributed by atoms with Gasteiger partial charge in [-0.2, -0.15) is 0 Å². The number of nitrogens with one attached hydrogen (secondary N) is 2. The molecule has 2 aromatic carbocycles. The Balaban J connectivity index is 1.71. The Morgan fingerprint density at radius 3 is 2.61 bits per heavy atom. The molecule has 1 amide bonds. The van der Waals surface area contributed by atoms with Crippen molar-refractivity contribution in [1.29, 1.82) is 0 Å². The van der Waals surface area contributed by atoms with E-state index in [1.54, 1.807) is 24.3 Å². The summed E-state index contributed by atoms with van der Waals surface area (Å²) in [6.07, 6.45) is 2.34. The van der Waals surface area contributed by atoms with Gasteiger partial charge in [0, 0.05) is 48.0 Å². The van der Waals surface area contributed by atoms with Gasteiger partial charge in [0.25, 0.3) is 0 Å². The Bertz CT molecular complexity index is 1480. The molecule has 0 aliphatic rings. The largest absolute Gasteiger partial charge is 0.367 e. The second-order valence-electron chi connectivity index (χ2n) is 8.76. The van der Waals surface area contributed by atoms with E-state index in [1.165, 1.54) is 6.08 Å². The van der Waals surface area contributed by atoms with Crippen LogP contribution in [-0.4, -0.2) is 44.4 Å². The maximum atomic E-state index is 14.9. The molecule has 7 nitrogen and oxygen atoms in total. The van der Waals surface area contributed by atoms with Gasteiger partial charge in [-0.25, -0.2) is 14.4 Å². The third-order valence-electron chi connectivity index (χ3n) is 5.57. The summed E-state index contributed by atoms with van der Waals surface area (Å²) in [4.78, 5) is 22.8. The molecular formula is C27H27FN6OS. The van der Waals surface area contributed by atoms with Gasteiger partial charge in [0.2, 0.25) is 11.9 Å². The average molecular weight is 503 g/mol. The molecule has 0 fully saturated rings. The van der Waals surface area contributed by atoms with E-state index < -0.39 is 5.82 Å². The minimum absolute atomic E-state index is 0.145. The molecule has 0 spiro atoms. The number of benzene rings is 2. The number of anilines is 3. The summed E-state index contributed by atoms with van der Waals surface area (Å²) in [5.41, 5.74) is 3.91. The third-order valence-corrected chi connectivity index (χ3v) is 6.15. The fourth-order valence-corrected chi connectivity index (χ4v) is 4.10. The molecule has 2 N–H and O–H groups in total. The van der Waals surface area contributed by atoms with Crippen molar-refractivity contribution in [3.8, 4) is 11.3 Å². The molecule has 0 bridgehead atoms. The van der Waals surface area contributed by atoms with Crippen molar-refractivity contribution in [2.24, 2.45) is 0 Å². The molecule has 4 aromatic rings. The first-order valence-electron chi connectivity index (χ1n) is 11.4. The van der Waals surface area contributed by atoms with Crippen molar-refractivity contribution in [3.05, 3.63) is 78.9 Å². The Kier molecular flexibility index (Phi) is 7.12. The lowest BCUT2D eigenvalue weighted by atomic mass is 10.1. The number of rotatable bonds is 7. The zero-order valence-corrected chi connectivity index (χ0v) is 21.4. The van der Waals surface area contributed by atoms with E-state index in [9.17, 15) is 9.18 Å². The molecular weight excluding hydrogens is 475 g/mol. The Morgan fingerprint density at radius 2 is 1.92 bits per heavy atom. The lowest BCUT2D eigenvalue weighted by molar-refractivity contribution is -0.111. The van der Waals surface area contributed by atoms with Gasteiger partial charge in [-0.05, 0) is 50.3 Å². The highest BCUT2D eigenvalue weighted by Crippen LogP contribution is 2.31. The molecule has 4 rings (SSSR count). The molecule has 0 aliphatic carbocycles. The first kappa shape index (κ1) is 25.0. The van der Waals surface area contributed by atoms with Crippen LogP contribution >= 0.6 is 12.2 Å². The molecule has 0 aliphatic heterocycles. The number of halogens is 1. The summed E-state index contributed by atoms with van der Waals surface area (Å²) < 4.78 is 17.1. The van der Waals surface area contributed by atoms with E-state index in [1.807, 2.05) is 37.2 Å². The normalized spacial score (nSPS) is 10.9. The third kappa shape index (κ3) is 5.11. The number of fused-ring (bicyclic) bond motifs is 1. The van der Waals surface area contributed by atoms with Gasteiger partial charge in [-0.3, -0.25) is 4.79 Å². The van der Waals surface area contributed by atoms with Crippen molar-refractivity contribution in [2.75, 3.05) is 24.7 Å². The number of hydrogen-bond acceptors (Lipinski definition) is 5. The highest BCUT2D eigenvalue weighted by atomic mass is 32.1. The number of thiocarbonyl (C=S) groups is 1. The molecule has 0 atom stereocenters. The molecule has 184 valence electrons. The van der Waals surface area contributed by atoms with Crippen molar-refractivity contribution < 1.29 is 9.18 Å². The van der Waals surface area contributed by atoms with Crippen molar-refractivity contribution >= 4 is 51.3 Å². The van der Waals surface area contributed by atoms with Crippen LogP contribution in [0.1, 0.15) is 25.6 Å². The number of nitrogens with zero attached hydrogens (tertiary/aromatic N) is 4. The topological polar surface area (TPSA) is 75.1 Å². The van der Waals surface area contributed by atoms with E-state index in [0.29, 0.717) is 16.9 Å². The van der Waals surface area contributed by atoms with E-state index in [2.05, 4.69) is 51.7 Å². The fourth-order valence-electron chi connectivity index (χ4n) is 3.95. The van der Waals surface area contributed by atoms with Gasteiger partial charge in [0.15, 0.2) is 5.82 Å². The zero-order valence-electron chi connectivity index (χ0n) is 20.5. The Morgan fingerprint density at radius 1 is 1.17 bits per heavy atom. The van der Waals surface area contributed by atoms with Gasteiger partial charge in [-0.15, -0.1) is 0 Å². The second kappa shape index (κ2) is 10.2. The van der Waals surface area contributed by atoms with Gasteiger partial charge in [0.05, 0.1) is 11.9 Å². The lowest BCUT2D eigenvalue weighted by Crippen LogP contribution is -2.24. The van der Waals surface area contributed by atoms with Crippen LogP contribution in [0.15, 0.2) is 67.4 Å². The van der Waals surface area contributed by atoms with Crippen LogP contribution in [0.25, 0.3) is 22.2 Å². The SMILES string of the molecule is C=CC(=O)Nc1cccc(Nc2ncc(F)c(-c3ccc4cc(C(=S)N(C)C)n(C(C)C)c4c3)n2)c1. The van der Waals surface area contributed by atoms with E-state index >= 15 is 0 Å². The predicted molar refractivity (Wildman–Crippen MR) is 147 cm³/mol. The van der Waals surface area contributed by atoms with Crippen LogP contribution in [0.2, 0.25) is 0 Å². The molecule has 0 saturated heterocycles. The summed E-state index contributed by atoms with van der Waals surface area (Å²) in [5, 5.41) is 6.79. The minimum Gasteiger partial charge on any atom is -0.367 e. The predicted octanol–water partition coefficient (Wildman–Crippen LogP) is 5.92.